The standard InChI is InChI=1S/C22H24N4O3S2/c1-14(2)15-8-10-16(11-9-15)21-24-25-22(30-21)23-20(27)19-12-17-6-4-5-7-18(17)13-26(19)31(3,28)29/h4-11,14,19H,12-13H2,1-3H3,(H,23,25,27). The maximum atomic E-state index is 13.0. The molecule has 2 aromatic carbocycles. The number of carbonyl (C=O) groups is 1. The molecule has 1 aliphatic rings. The van der Waals surface area contributed by atoms with Crippen LogP contribution in [0.4, 0.5) is 5.13 Å². The molecular formula is C22H24N4O3S2. The van der Waals surface area contributed by atoms with E-state index in [1.807, 2.05) is 36.4 Å². The van der Waals surface area contributed by atoms with Crippen LogP contribution in [-0.2, 0) is 27.8 Å². The number of benzene rings is 2. The van der Waals surface area contributed by atoms with Crippen LogP contribution in [0.3, 0.4) is 0 Å². The van der Waals surface area contributed by atoms with Crippen molar-refractivity contribution in [2.75, 3.05) is 11.6 Å². The fourth-order valence-corrected chi connectivity index (χ4v) is 5.42. The molecule has 0 radical (unpaired) electrons. The summed E-state index contributed by atoms with van der Waals surface area (Å²) in [6.45, 7) is 4.45. The number of anilines is 1. The summed E-state index contributed by atoms with van der Waals surface area (Å²) in [6.07, 6.45) is 1.45. The van der Waals surface area contributed by atoms with E-state index in [4.69, 9.17) is 0 Å². The SMILES string of the molecule is CC(C)c1ccc(-c2nnc(NC(=O)C3Cc4ccccc4CN3S(C)(=O)=O)s2)cc1. The van der Waals surface area contributed by atoms with Gasteiger partial charge in [0.15, 0.2) is 0 Å². The van der Waals surface area contributed by atoms with Gasteiger partial charge < -0.3 is 0 Å². The smallest absolute Gasteiger partial charge is 0.245 e. The summed E-state index contributed by atoms with van der Waals surface area (Å²) in [6, 6.07) is 14.9. The van der Waals surface area contributed by atoms with Crippen molar-refractivity contribution >= 4 is 32.4 Å². The van der Waals surface area contributed by atoms with Crippen molar-refractivity contribution in [1.82, 2.24) is 14.5 Å². The summed E-state index contributed by atoms with van der Waals surface area (Å²) in [5.74, 6) is 0.0366. The van der Waals surface area contributed by atoms with Crippen LogP contribution in [0.1, 0.15) is 36.5 Å². The summed E-state index contributed by atoms with van der Waals surface area (Å²) < 4.78 is 25.9. The molecule has 1 aromatic heterocycles. The van der Waals surface area contributed by atoms with E-state index in [9.17, 15) is 13.2 Å². The third-order valence-electron chi connectivity index (χ3n) is 5.41. The first-order valence-corrected chi connectivity index (χ1v) is 12.7. The molecule has 1 unspecified atom stereocenters. The van der Waals surface area contributed by atoms with Crippen LogP contribution < -0.4 is 5.32 Å². The number of aromatic nitrogens is 2. The van der Waals surface area contributed by atoms with Crippen molar-refractivity contribution < 1.29 is 13.2 Å². The molecule has 7 nitrogen and oxygen atoms in total. The van der Waals surface area contributed by atoms with Crippen molar-refractivity contribution in [1.29, 1.82) is 0 Å². The first-order chi connectivity index (χ1) is 14.7. The van der Waals surface area contributed by atoms with Gasteiger partial charge >= 0.3 is 0 Å². The average Bonchev–Trinajstić information content (AvgIpc) is 3.20. The van der Waals surface area contributed by atoms with E-state index in [2.05, 4.69) is 41.5 Å². The Labute approximate surface area is 186 Å². The van der Waals surface area contributed by atoms with Gasteiger partial charge in [0.2, 0.25) is 21.1 Å². The highest BCUT2D eigenvalue weighted by atomic mass is 32.2. The maximum Gasteiger partial charge on any atom is 0.245 e. The van der Waals surface area contributed by atoms with Crippen LogP contribution >= 0.6 is 11.3 Å². The maximum absolute atomic E-state index is 13.0. The second-order valence-electron chi connectivity index (χ2n) is 7.98. The Hall–Kier alpha value is -2.62. The lowest BCUT2D eigenvalue weighted by atomic mass is 9.95. The molecule has 0 fully saturated rings. The number of rotatable bonds is 5. The monoisotopic (exact) mass is 456 g/mol. The lowest BCUT2D eigenvalue weighted by Crippen LogP contribution is -2.50. The molecule has 31 heavy (non-hydrogen) atoms. The third kappa shape index (κ3) is 4.68. The molecule has 1 aliphatic heterocycles. The highest BCUT2D eigenvalue weighted by molar-refractivity contribution is 7.88. The molecule has 0 aliphatic carbocycles. The van der Waals surface area contributed by atoms with Gasteiger partial charge in [-0.15, -0.1) is 10.2 Å². The Bertz CT molecular complexity index is 1200. The molecular weight excluding hydrogens is 432 g/mol. The summed E-state index contributed by atoms with van der Waals surface area (Å²) in [5.41, 5.74) is 4.05. The minimum atomic E-state index is -3.56. The van der Waals surface area contributed by atoms with Crippen LogP contribution in [0, 0.1) is 0 Å². The normalized spacial score (nSPS) is 16.8. The quantitative estimate of drug-likeness (QED) is 0.633. The summed E-state index contributed by atoms with van der Waals surface area (Å²) in [5, 5.41) is 12.1. The van der Waals surface area contributed by atoms with Gasteiger partial charge in [-0.1, -0.05) is 73.7 Å². The molecule has 0 spiro atoms. The number of nitrogens with one attached hydrogen (secondary N) is 1. The van der Waals surface area contributed by atoms with E-state index in [1.54, 1.807) is 0 Å². The van der Waals surface area contributed by atoms with Gasteiger partial charge in [-0.05, 0) is 29.0 Å². The van der Waals surface area contributed by atoms with E-state index in [0.29, 0.717) is 22.5 Å². The van der Waals surface area contributed by atoms with Gasteiger partial charge in [0.1, 0.15) is 11.0 Å². The first kappa shape index (κ1) is 21.6. The minimum absolute atomic E-state index is 0.177. The van der Waals surface area contributed by atoms with Crippen LogP contribution in [0.5, 0.6) is 0 Å². The number of hydrogen-bond acceptors (Lipinski definition) is 6. The molecule has 1 amide bonds. The molecule has 9 heteroatoms. The summed E-state index contributed by atoms with van der Waals surface area (Å²) >= 11 is 1.26. The Morgan fingerprint density at radius 3 is 2.42 bits per heavy atom. The van der Waals surface area contributed by atoms with Gasteiger partial charge in [-0.2, -0.15) is 4.31 Å². The zero-order valence-corrected chi connectivity index (χ0v) is 19.2. The lowest BCUT2D eigenvalue weighted by Gasteiger charge is -2.33. The van der Waals surface area contributed by atoms with Crippen LogP contribution in [0.25, 0.3) is 10.6 Å². The van der Waals surface area contributed by atoms with Crippen molar-refractivity contribution in [3.8, 4) is 10.6 Å². The molecule has 0 saturated heterocycles. The zero-order valence-electron chi connectivity index (χ0n) is 17.6. The molecule has 2 heterocycles. The molecule has 1 N–H and O–H groups in total. The number of amides is 1. The summed E-state index contributed by atoms with van der Waals surface area (Å²) in [7, 11) is -3.56. The van der Waals surface area contributed by atoms with Crippen molar-refractivity contribution in [2.45, 2.75) is 38.8 Å². The molecule has 4 rings (SSSR count). The third-order valence-corrected chi connectivity index (χ3v) is 7.54. The fourth-order valence-electron chi connectivity index (χ4n) is 3.66. The summed E-state index contributed by atoms with van der Waals surface area (Å²) in [4.78, 5) is 13.0. The van der Waals surface area contributed by atoms with E-state index < -0.39 is 22.0 Å². The van der Waals surface area contributed by atoms with Crippen molar-refractivity contribution in [2.24, 2.45) is 0 Å². The topological polar surface area (TPSA) is 92.3 Å². The zero-order chi connectivity index (χ0) is 22.2. The highest BCUT2D eigenvalue weighted by Crippen LogP contribution is 2.30. The average molecular weight is 457 g/mol. The van der Waals surface area contributed by atoms with Gasteiger partial charge in [-0.3, -0.25) is 10.1 Å². The largest absolute Gasteiger partial charge is 0.299 e. The molecule has 0 bridgehead atoms. The molecule has 3 aromatic rings. The lowest BCUT2D eigenvalue weighted by molar-refractivity contribution is -0.120. The van der Waals surface area contributed by atoms with Gasteiger partial charge in [0.25, 0.3) is 0 Å². The number of nitrogens with zero attached hydrogens (tertiary/aromatic N) is 3. The Balaban J connectivity index is 1.53. The minimum Gasteiger partial charge on any atom is -0.299 e. The van der Waals surface area contributed by atoms with Crippen LogP contribution in [-0.4, -0.2) is 41.1 Å². The Kier molecular flexibility index (Phi) is 5.92. The predicted molar refractivity (Wildman–Crippen MR) is 122 cm³/mol. The van der Waals surface area contributed by atoms with Gasteiger partial charge in [0.05, 0.1) is 6.26 Å². The van der Waals surface area contributed by atoms with Crippen LogP contribution in [0.15, 0.2) is 48.5 Å². The first-order valence-electron chi connectivity index (χ1n) is 10.0. The van der Waals surface area contributed by atoms with Gasteiger partial charge in [0, 0.05) is 12.1 Å². The molecule has 1 atom stereocenters. The number of hydrogen-bond donors (Lipinski definition) is 1. The second kappa shape index (κ2) is 8.49. The van der Waals surface area contributed by atoms with E-state index >= 15 is 0 Å². The highest BCUT2D eigenvalue weighted by Gasteiger charge is 2.37. The van der Waals surface area contributed by atoms with E-state index in [1.165, 1.54) is 21.2 Å². The van der Waals surface area contributed by atoms with Crippen molar-refractivity contribution in [3.63, 3.8) is 0 Å². The predicted octanol–water partition coefficient (Wildman–Crippen LogP) is 3.65. The number of carbonyl (C=O) groups excluding carboxylic acids is 1. The van der Waals surface area contributed by atoms with Gasteiger partial charge in [-0.25, -0.2) is 8.42 Å². The fraction of sp³-hybridized carbons (Fsp3) is 0.318. The number of sulfonamides is 1. The Morgan fingerprint density at radius 1 is 1.10 bits per heavy atom. The Morgan fingerprint density at radius 2 is 1.77 bits per heavy atom. The molecule has 0 saturated carbocycles. The van der Waals surface area contributed by atoms with E-state index in [-0.39, 0.29) is 6.54 Å². The number of fused-ring (bicyclic) bond motifs is 1. The van der Waals surface area contributed by atoms with Crippen LogP contribution in [0.2, 0.25) is 0 Å². The van der Waals surface area contributed by atoms with E-state index in [0.717, 1.165) is 22.9 Å². The molecule has 162 valence electrons. The van der Waals surface area contributed by atoms with Crippen molar-refractivity contribution in [3.05, 3.63) is 65.2 Å². The second-order valence-corrected chi connectivity index (χ2v) is 10.9.